The monoisotopic (exact) mass is 372 g/mol. The lowest BCUT2D eigenvalue weighted by atomic mass is 10.0. The highest BCUT2D eigenvalue weighted by molar-refractivity contribution is 6.13. The van der Waals surface area contributed by atoms with E-state index in [0.717, 1.165) is 0 Å². The van der Waals surface area contributed by atoms with Crippen LogP contribution in [0.25, 0.3) is 0 Å². The number of carbonyl (C=O) groups is 2. The summed E-state index contributed by atoms with van der Waals surface area (Å²) in [6, 6.07) is 11.2. The van der Waals surface area contributed by atoms with Gasteiger partial charge in [-0.1, -0.05) is 18.2 Å². The predicted molar refractivity (Wildman–Crippen MR) is 98.1 cm³/mol. The molecule has 2 amide bonds. The SMILES string of the molecule is COc1ccc(NC(=O)C2(C(=O)NCc3ccccc3F)CC2)c(OC)c1. The number of ether oxygens (including phenoxy) is 2. The van der Waals surface area contributed by atoms with Crippen molar-refractivity contribution in [3.05, 3.63) is 53.8 Å². The third kappa shape index (κ3) is 3.86. The van der Waals surface area contributed by atoms with Gasteiger partial charge >= 0.3 is 0 Å². The number of carbonyl (C=O) groups excluding carboxylic acids is 2. The minimum atomic E-state index is -1.13. The maximum atomic E-state index is 13.7. The molecule has 0 aliphatic heterocycles. The van der Waals surface area contributed by atoms with Crippen LogP contribution in [0.15, 0.2) is 42.5 Å². The Morgan fingerprint density at radius 3 is 2.44 bits per heavy atom. The Morgan fingerprint density at radius 2 is 1.81 bits per heavy atom. The van der Waals surface area contributed by atoms with Crippen LogP contribution in [-0.2, 0) is 16.1 Å². The van der Waals surface area contributed by atoms with Crippen LogP contribution >= 0.6 is 0 Å². The molecule has 0 unspecified atom stereocenters. The first-order valence-electron chi connectivity index (χ1n) is 8.55. The maximum Gasteiger partial charge on any atom is 0.240 e. The summed E-state index contributed by atoms with van der Waals surface area (Å²) in [4.78, 5) is 25.3. The summed E-state index contributed by atoms with van der Waals surface area (Å²) in [6.45, 7) is 0.0341. The summed E-state index contributed by atoms with van der Waals surface area (Å²) in [5, 5.41) is 5.42. The van der Waals surface area contributed by atoms with Gasteiger partial charge in [0.15, 0.2) is 0 Å². The molecule has 0 bridgehead atoms. The number of rotatable bonds is 7. The third-order valence-electron chi connectivity index (χ3n) is 4.67. The summed E-state index contributed by atoms with van der Waals surface area (Å²) < 4.78 is 24.1. The van der Waals surface area contributed by atoms with Gasteiger partial charge in [0, 0.05) is 18.2 Å². The number of hydrogen-bond acceptors (Lipinski definition) is 4. The van der Waals surface area contributed by atoms with Gasteiger partial charge in [-0.3, -0.25) is 9.59 Å². The average Bonchev–Trinajstić information content (AvgIpc) is 3.49. The molecule has 0 spiro atoms. The van der Waals surface area contributed by atoms with E-state index >= 15 is 0 Å². The first kappa shape index (κ1) is 18.7. The van der Waals surface area contributed by atoms with Gasteiger partial charge in [0.2, 0.25) is 11.8 Å². The first-order chi connectivity index (χ1) is 13.0. The van der Waals surface area contributed by atoms with Crippen LogP contribution < -0.4 is 20.1 Å². The average molecular weight is 372 g/mol. The van der Waals surface area contributed by atoms with Gasteiger partial charge in [0.05, 0.1) is 19.9 Å². The zero-order valence-corrected chi connectivity index (χ0v) is 15.2. The molecule has 1 fully saturated rings. The minimum absolute atomic E-state index is 0.0341. The molecule has 1 aliphatic carbocycles. The highest BCUT2D eigenvalue weighted by atomic mass is 19.1. The number of nitrogens with one attached hydrogen (secondary N) is 2. The zero-order valence-electron chi connectivity index (χ0n) is 15.2. The van der Waals surface area contributed by atoms with Gasteiger partial charge in [0.25, 0.3) is 0 Å². The Labute approximate surface area is 156 Å². The second-order valence-electron chi connectivity index (χ2n) is 6.38. The lowest BCUT2D eigenvalue weighted by Gasteiger charge is -2.17. The van der Waals surface area contributed by atoms with Crippen molar-refractivity contribution >= 4 is 17.5 Å². The molecule has 142 valence electrons. The van der Waals surface area contributed by atoms with E-state index in [9.17, 15) is 14.0 Å². The highest BCUT2D eigenvalue weighted by Crippen LogP contribution is 2.47. The normalized spacial score (nSPS) is 14.2. The van der Waals surface area contributed by atoms with E-state index in [1.54, 1.807) is 36.4 Å². The molecule has 0 atom stereocenters. The Balaban J connectivity index is 1.67. The van der Waals surface area contributed by atoms with Crippen LogP contribution in [0, 0.1) is 11.2 Å². The van der Waals surface area contributed by atoms with Crippen LogP contribution in [0.3, 0.4) is 0 Å². The summed E-state index contributed by atoms with van der Waals surface area (Å²) in [5.41, 5.74) is -0.300. The van der Waals surface area contributed by atoms with Gasteiger partial charge in [-0.15, -0.1) is 0 Å². The highest BCUT2D eigenvalue weighted by Gasteiger charge is 2.56. The fourth-order valence-electron chi connectivity index (χ4n) is 2.81. The second-order valence-corrected chi connectivity index (χ2v) is 6.38. The van der Waals surface area contributed by atoms with Crippen molar-refractivity contribution in [2.24, 2.45) is 5.41 Å². The summed E-state index contributed by atoms with van der Waals surface area (Å²) >= 11 is 0. The quantitative estimate of drug-likeness (QED) is 0.733. The van der Waals surface area contributed by atoms with Crippen molar-refractivity contribution < 1.29 is 23.5 Å². The second kappa shape index (κ2) is 7.65. The molecule has 1 aliphatic rings. The van der Waals surface area contributed by atoms with Crippen molar-refractivity contribution in [2.45, 2.75) is 19.4 Å². The molecule has 0 saturated heterocycles. The van der Waals surface area contributed by atoms with Crippen LogP contribution in [0.5, 0.6) is 11.5 Å². The lowest BCUT2D eigenvalue weighted by Crippen LogP contribution is -2.39. The summed E-state index contributed by atoms with van der Waals surface area (Å²) in [5.74, 6) is -0.179. The number of anilines is 1. The predicted octanol–water partition coefficient (Wildman–Crippen LogP) is 2.88. The van der Waals surface area contributed by atoms with Crippen LogP contribution in [0.4, 0.5) is 10.1 Å². The summed E-state index contributed by atoms with van der Waals surface area (Å²) in [7, 11) is 3.02. The lowest BCUT2D eigenvalue weighted by molar-refractivity contribution is -0.134. The number of methoxy groups -OCH3 is 2. The molecule has 0 radical (unpaired) electrons. The fraction of sp³-hybridized carbons (Fsp3) is 0.300. The van der Waals surface area contributed by atoms with E-state index in [1.807, 2.05) is 0 Å². The standard InChI is InChI=1S/C20H21FN2O4/c1-26-14-7-8-16(17(11-14)27-2)23-19(25)20(9-10-20)18(24)22-12-13-5-3-4-6-15(13)21/h3-8,11H,9-10,12H2,1-2H3,(H,22,24)(H,23,25). The van der Waals surface area contributed by atoms with Crippen molar-refractivity contribution in [1.82, 2.24) is 5.32 Å². The number of amides is 2. The molecule has 1 saturated carbocycles. The van der Waals surface area contributed by atoms with E-state index in [4.69, 9.17) is 9.47 Å². The molecular weight excluding hydrogens is 351 g/mol. The minimum Gasteiger partial charge on any atom is -0.497 e. The first-order valence-corrected chi connectivity index (χ1v) is 8.55. The summed E-state index contributed by atoms with van der Waals surface area (Å²) in [6.07, 6.45) is 0.890. The van der Waals surface area contributed by atoms with E-state index in [-0.39, 0.29) is 6.54 Å². The van der Waals surface area contributed by atoms with Gasteiger partial charge < -0.3 is 20.1 Å². The van der Waals surface area contributed by atoms with E-state index in [1.165, 1.54) is 20.3 Å². The molecule has 27 heavy (non-hydrogen) atoms. The molecule has 3 rings (SSSR count). The van der Waals surface area contributed by atoms with Crippen LogP contribution in [-0.4, -0.2) is 26.0 Å². The van der Waals surface area contributed by atoms with Gasteiger partial charge in [-0.25, -0.2) is 4.39 Å². The van der Waals surface area contributed by atoms with Crippen molar-refractivity contribution in [2.75, 3.05) is 19.5 Å². The molecule has 0 heterocycles. The van der Waals surface area contributed by atoms with Crippen LogP contribution in [0.1, 0.15) is 18.4 Å². The van der Waals surface area contributed by atoms with Gasteiger partial charge in [-0.2, -0.15) is 0 Å². The largest absolute Gasteiger partial charge is 0.497 e. The zero-order chi connectivity index (χ0) is 19.4. The van der Waals surface area contributed by atoms with Crippen molar-refractivity contribution in [3.8, 4) is 11.5 Å². The fourth-order valence-corrected chi connectivity index (χ4v) is 2.81. The molecule has 2 aromatic carbocycles. The van der Waals surface area contributed by atoms with Gasteiger partial charge in [0.1, 0.15) is 22.7 Å². The number of benzene rings is 2. The molecule has 0 aromatic heterocycles. The van der Waals surface area contributed by atoms with E-state index < -0.39 is 23.0 Å². The Kier molecular flexibility index (Phi) is 5.30. The molecule has 2 N–H and O–H groups in total. The third-order valence-corrected chi connectivity index (χ3v) is 4.67. The number of halogens is 1. The van der Waals surface area contributed by atoms with Gasteiger partial charge in [-0.05, 0) is 31.0 Å². The molecule has 6 nitrogen and oxygen atoms in total. The topological polar surface area (TPSA) is 76.7 Å². The molecular formula is C20H21FN2O4. The Morgan fingerprint density at radius 1 is 1.07 bits per heavy atom. The van der Waals surface area contributed by atoms with Crippen LogP contribution in [0.2, 0.25) is 0 Å². The van der Waals surface area contributed by atoms with E-state index in [2.05, 4.69) is 10.6 Å². The van der Waals surface area contributed by atoms with E-state index in [0.29, 0.717) is 35.6 Å². The maximum absolute atomic E-state index is 13.7. The Hall–Kier alpha value is -3.09. The molecule has 2 aromatic rings. The van der Waals surface area contributed by atoms with Crippen molar-refractivity contribution in [1.29, 1.82) is 0 Å². The number of hydrogen-bond donors (Lipinski definition) is 2. The Bertz CT molecular complexity index is 865. The smallest absolute Gasteiger partial charge is 0.240 e. The van der Waals surface area contributed by atoms with Crippen molar-refractivity contribution in [3.63, 3.8) is 0 Å². The molecule has 7 heteroatoms.